The summed E-state index contributed by atoms with van der Waals surface area (Å²) in [5.41, 5.74) is 4.84. The SMILES string of the molecule is COc1c(CNCc2ccccc2CN2C[C@@H](C)O[C@H](C)C2)c(C)nn1C. The molecule has 0 spiro atoms. The first-order chi connectivity index (χ1) is 13.0. The van der Waals surface area contributed by atoms with Gasteiger partial charge in [0.25, 0.3) is 0 Å². The normalized spacial score (nSPS) is 20.8. The molecule has 1 fully saturated rings. The van der Waals surface area contributed by atoms with Gasteiger partial charge in [-0.2, -0.15) is 5.10 Å². The van der Waals surface area contributed by atoms with Gasteiger partial charge in [0.15, 0.2) is 0 Å². The van der Waals surface area contributed by atoms with Crippen molar-refractivity contribution in [1.29, 1.82) is 0 Å². The molecular formula is C21H32N4O2. The summed E-state index contributed by atoms with van der Waals surface area (Å²) in [5, 5.41) is 8.02. The highest BCUT2D eigenvalue weighted by Crippen LogP contribution is 2.21. The third-order valence-electron chi connectivity index (χ3n) is 5.11. The van der Waals surface area contributed by atoms with Crippen LogP contribution in [0.5, 0.6) is 5.88 Å². The largest absolute Gasteiger partial charge is 0.481 e. The maximum atomic E-state index is 5.86. The van der Waals surface area contributed by atoms with Crippen molar-refractivity contribution in [3.8, 4) is 5.88 Å². The van der Waals surface area contributed by atoms with Crippen molar-refractivity contribution in [2.24, 2.45) is 7.05 Å². The summed E-state index contributed by atoms with van der Waals surface area (Å²) in [6.45, 7) is 10.8. The minimum atomic E-state index is 0.292. The van der Waals surface area contributed by atoms with Crippen molar-refractivity contribution < 1.29 is 9.47 Å². The quantitative estimate of drug-likeness (QED) is 0.810. The fraction of sp³-hybridized carbons (Fsp3) is 0.571. The Morgan fingerprint density at radius 1 is 1.15 bits per heavy atom. The van der Waals surface area contributed by atoms with Gasteiger partial charge in [-0.3, -0.25) is 4.90 Å². The van der Waals surface area contributed by atoms with Gasteiger partial charge in [0, 0.05) is 39.8 Å². The van der Waals surface area contributed by atoms with Crippen molar-refractivity contribution in [3.63, 3.8) is 0 Å². The molecule has 3 rings (SSSR count). The van der Waals surface area contributed by atoms with Crippen LogP contribution in [0.3, 0.4) is 0 Å². The second-order valence-corrected chi connectivity index (χ2v) is 7.52. The second kappa shape index (κ2) is 8.87. The van der Waals surface area contributed by atoms with Crippen molar-refractivity contribution in [2.45, 2.75) is 52.6 Å². The van der Waals surface area contributed by atoms with E-state index >= 15 is 0 Å². The molecule has 148 valence electrons. The number of nitrogens with one attached hydrogen (secondary N) is 1. The molecule has 6 nitrogen and oxygen atoms in total. The molecule has 2 aromatic rings. The minimum absolute atomic E-state index is 0.292. The van der Waals surface area contributed by atoms with E-state index in [-0.39, 0.29) is 0 Å². The zero-order chi connectivity index (χ0) is 19.4. The van der Waals surface area contributed by atoms with Crippen LogP contribution in [0.2, 0.25) is 0 Å². The highest BCUT2D eigenvalue weighted by molar-refractivity contribution is 5.31. The lowest BCUT2D eigenvalue weighted by Crippen LogP contribution is -2.45. The number of aryl methyl sites for hydroxylation is 2. The van der Waals surface area contributed by atoms with Crippen LogP contribution in [0, 0.1) is 6.92 Å². The van der Waals surface area contributed by atoms with E-state index in [1.165, 1.54) is 11.1 Å². The monoisotopic (exact) mass is 372 g/mol. The Kier molecular flexibility index (Phi) is 6.52. The standard InChI is InChI=1S/C21H32N4O2/c1-15-12-25(13-16(2)27-15)14-19-9-7-6-8-18(19)10-22-11-20-17(3)23-24(4)21(20)26-5/h6-9,15-16,22H,10-14H2,1-5H3/t15-,16-/m1/s1. The number of ether oxygens (including phenoxy) is 2. The third-order valence-corrected chi connectivity index (χ3v) is 5.11. The van der Waals surface area contributed by atoms with Gasteiger partial charge in [0.05, 0.1) is 30.6 Å². The molecule has 0 radical (unpaired) electrons. The van der Waals surface area contributed by atoms with Crippen LogP contribution in [0.25, 0.3) is 0 Å². The number of methoxy groups -OCH3 is 1. The minimum Gasteiger partial charge on any atom is -0.481 e. The van der Waals surface area contributed by atoms with Crippen molar-refractivity contribution in [3.05, 3.63) is 46.6 Å². The number of rotatable bonds is 7. The van der Waals surface area contributed by atoms with Crippen LogP contribution in [0.15, 0.2) is 24.3 Å². The maximum Gasteiger partial charge on any atom is 0.216 e. The molecule has 1 aliphatic heterocycles. The Bertz CT molecular complexity index is 749. The zero-order valence-corrected chi connectivity index (χ0v) is 17.2. The number of benzene rings is 1. The van der Waals surface area contributed by atoms with Crippen LogP contribution in [-0.4, -0.2) is 47.1 Å². The van der Waals surface area contributed by atoms with Crippen LogP contribution in [-0.2, 0) is 31.4 Å². The molecule has 0 bridgehead atoms. The van der Waals surface area contributed by atoms with Gasteiger partial charge in [-0.1, -0.05) is 24.3 Å². The van der Waals surface area contributed by atoms with E-state index in [9.17, 15) is 0 Å². The molecule has 0 aliphatic carbocycles. The van der Waals surface area contributed by atoms with Gasteiger partial charge in [0.2, 0.25) is 5.88 Å². The molecule has 1 saturated heterocycles. The number of morpholine rings is 1. The first-order valence-corrected chi connectivity index (χ1v) is 9.69. The molecule has 1 aromatic carbocycles. The fourth-order valence-electron chi connectivity index (χ4n) is 4.00. The van der Waals surface area contributed by atoms with E-state index in [1.807, 2.05) is 14.0 Å². The molecule has 2 heterocycles. The van der Waals surface area contributed by atoms with Crippen LogP contribution in [0.1, 0.15) is 36.2 Å². The van der Waals surface area contributed by atoms with Crippen molar-refractivity contribution in [1.82, 2.24) is 20.0 Å². The van der Waals surface area contributed by atoms with Gasteiger partial charge in [-0.15, -0.1) is 0 Å². The lowest BCUT2D eigenvalue weighted by molar-refractivity contribution is -0.0705. The number of aromatic nitrogens is 2. The molecule has 1 aromatic heterocycles. The predicted octanol–water partition coefficient (Wildman–Crippen LogP) is 2.64. The lowest BCUT2D eigenvalue weighted by atomic mass is 10.1. The number of hydrogen-bond acceptors (Lipinski definition) is 5. The average molecular weight is 373 g/mol. The van der Waals surface area contributed by atoms with Crippen molar-refractivity contribution in [2.75, 3.05) is 20.2 Å². The molecule has 2 atom stereocenters. The highest BCUT2D eigenvalue weighted by atomic mass is 16.5. The Hall–Kier alpha value is -1.89. The second-order valence-electron chi connectivity index (χ2n) is 7.52. The molecule has 1 N–H and O–H groups in total. The van der Waals surface area contributed by atoms with Gasteiger partial charge in [-0.25, -0.2) is 4.68 Å². The molecule has 1 aliphatic rings. The van der Waals surface area contributed by atoms with Gasteiger partial charge < -0.3 is 14.8 Å². The van der Waals surface area contributed by atoms with Crippen LogP contribution >= 0.6 is 0 Å². The number of nitrogens with zero attached hydrogens (tertiary/aromatic N) is 3. The van der Waals surface area contributed by atoms with E-state index in [0.717, 1.165) is 49.9 Å². The Labute approximate surface area is 162 Å². The van der Waals surface area contributed by atoms with Crippen LogP contribution < -0.4 is 10.1 Å². The van der Waals surface area contributed by atoms with Crippen LogP contribution in [0.4, 0.5) is 0 Å². The Morgan fingerprint density at radius 3 is 2.48 bits per heavy atom. The lowest BCUT2D eigenvalue weighted by Gasteiger charge is -2.35. The number of hydrogen-bond donors (Lipinski definition) is 1. The molecular weight excluding hydrogens is 340 g/mol. The summed E-state index contributed by atoms with van der Waals surface area (Å²) in [6.07, 6.45) is 0.583. The zero-order valence-electron chi connectivity index (χ0n) is 17.2. The summed E-state index contributed by atoms with van der Waals surface area (Å²) in [6, 6.07) is 8.68. The molecule has 0 amide bonds. The first kappa shape index (κ1) is 19.9. The average Bonchev–Trinajstić information content (AvgIpc) is 2.88. The fourth-order valence-corrected chi connectivity index (χ4v) is 4.00. The van der Waals surface area contributed by atoms with E-state index < -0.39 is 0 Å². The van der Waals surface area contributed by atoms with Crippen molar-refractivity contribution >= 4 is 0 Å². The molecule has 0 unspecified atom stereocenters. The first-order valence-electron chi connectivity index (χ1n) is 9.69. The third kappa shape index (κ3) is 4.89. The summed E-state index contributed by atoms with van der Waals surface area (Å²) in [5.74, 6) is 0.824. The summed E-state index contributed by atoms with van der Waals surface area (Å²) in [7, 11) is 3.61. The summed E-state index contributed by atoms with van der Waals surface area (Å²) < 4.78 is 13.1. The topological polar surface area (TPSA) is 51.6 Å². The Balaban J connectivity index is 1.63. The Morgan fingerprint density at radius 2 is 1.81 bits per heavy atom. The van der Waals surface area contributed by atoms with Gasteiger partial charge >= 0.3 is 0 Å². The van der Waals surface area contributed by atoms with Gasteiger partial charge in [0.1, 0.15) is 0 Å². The van der Waals surface area contributed by atoms with E-state index in [2.05, 4.69) is 53.4 Å². The maximum absolute atomic E-state index is 5.86. The summed E-state index contributed by atoms with van der Waals surface area (Å²) in [4.78, 5) is 2.49. The van der Waals surface area contributed by atoms with Gasteiger partial charge in [-0.05, 0) is 31.9 Å². The molecule has 6 heteroatoms. The summed E-state index contributed by atoms with van der Waals surface area (Å²) >= 11 is 0. The highest BCUT2D eigenvalue weighted by Gasteiger charge is 2.22. The van der Waals surface area contributed by atoms with E-state index in [0.29, 0.717) is 12.2 Å². The molecule has 27 heavy (non-hydrogen) atoms. The molecule has 0 saturated carbocycles. The predicted molar refractivity (Wildman–Crippen MR) is 107 cm³/mol. The van der Waals surface area contributed by atoms with E-state index in [1.54, 1.807) is 11.8 Å². The van der Waals surface area contributed by atoms with E-state index in [4.69, 9.17) is 9.47 Å². The smallest absolute Gasteiger partial charge is 0.216 e.